The molecule has 0 atom stereocenters. The molecule has 3 rings (SSSR count). The maximum Gasteiger partial charge on any atom is 0.274 e. The molecule has 2 N–H and O–H groups in total. The lowest BCUT2D eigenvalue weighted by Crippen LogP contribution is -2.17. The number of anilines is 2. The molecule has 6 nitrogen and oxygen atoms in total. The van der Waals surface area contributed by atoms with E-state index in [2.05, 4.69) is 15.0 Å². The molecule has 138 valence electrons. The zero-order valence-corrected chi connectivity index (χ0v) is 15.1. The first-order valence-corrected chi connectivity index (χ1v) is 9.45. The first-order chi connectivity index (χ1) is 12.9. The fraction of sp³-hybridized carbons (Fsp3) is 0.0526. The number of para-hydroxylation sites is 1. The normalized spacial score (nSPS) is 11.0. The van der Waals surface area contributed by atoms with Crippen LogP contribution in [0.4, 0.5) is 15.8 Å². The topological polar surface area (TPSA) is 88.2 Å². The van der Waals surface area contributed by atoms with E-state index in [0.29, 0.717) is 5.56 Å². The van der Waals surface area contributed by atoms with Crippen LogP contribution in [-0.4, -0.2) is 19.3 Å². The molecule has 0 saturated heterocycles. The third-order valence-electron chi connectivity index (χ3n) is 3.75. The minimum absolute atomic E-state index is 0.0652. The van der Waals surface area contributed by atoms with Crippen molar-refractivity contribution in [3.63, 3.8) is 0 Å². The van der Waals surface area contributed by atoms with Gasteiger partial charge in [0.25, 0.3) is 15.9 Å². The van der Waals surface area contributed by atoms with E-state index in [9.17, 15) is 17.6 Å². The number of nitrogens with zero attached hydrogens (tertiary/aromatic N) is 1. The number of hydrogen-bond donors (Lipinski definition) is 2. The van der Waals surface area contributed by atoms with E-state index in [0.717, 1.165) is 6.07 Å². The Kier molecular flexibility index (Phi) is 5.18. The Bertz CT molecular complexity index is 1090. The van der Waals surface area contributed by atoms with Crippen LogP contribution >= 0.6 is 0 Å². The Labute approximate surface area is 156 Å². The summed E-state index contributed by atoms with van der Waals surface area (Å²) >= 11 is 0. The second-order valence-electron chi connectivity index (χ2n) is 5.73. The molecule has 3 aromatic rings. The molecular weight excluding hydrogens is 369 g/mol. The second kappa shape index (κ2) is 7.55. The summed E-state index contributed by atoms with van der Waals surface area (Å²) in [6, 6.07) is 14.8. The van der Waals surface area contributed by atoms with Crippen molar-refractivity contribution in [2.45, 2.75) is 11.8 Å². The Morgan fingerprint density at radius 2 is 1.78 bits per heavy atom. The summed E-state index contributed by atoms with van der Waals surface area (Å²) in [7, 11) is -4.05. The van der Waals surface area contributed by atoms with Gasteiger partial charge in [-0.05, 0) is 48.9 Å². The second-order valence-corrected chi connectivity index (χ2v) is 7.39. The van der Waals surface area contributed by atoms with Gasteiger partial charge in [-0.3, -0.25) is 14.5 Å². The molecule has 2 aromatic carbocycles. The maximum absolute atomic E-state index is 13.8. The van der Waals surface area contributed by atoms with Crippen molar-refractivity contribution >= 4 is 27.3 Å². The van der Waals surface area contributed by atoms with Gasteiger partial charge in [0.15, 0.2) is 0 Å². The highest BCUT2D eigenvalue weighted by atomic mass is 32.2. The number of pyridine rings is 1. The fourth-order valence-electron chi connectivity index (χ4n) is 2.40. The van der Waals surface area contributed by atoms with E-state index >= 15 is 0 Å². The van der Waals surface area contributed by atoms with E-state index in [-0.39, 0.29) is 22.0 Å². The average molecular weight is 385 g/mol. The molecule has 0 fully saturated rings. The predicted octanol–water partition coefficient (Wildman–Crippen LogP) is 3.58. The van der Waals surface area contributed by atoms with Crippen molar-refractivity contribution in [3.05, 3.63) is 83.9 Å². The smallest absolute Gasteiger partial charge is 0.274 e. The highest BCUT2D eigenvalue weighted by Crippen LogP contribution is 2.24. The van der Waals surface area contributed by atoms with Gasteiger partial charge in [0.2, 0.25) is 0 Å². The SMILES string of the molecule is Cc1ccc(NC(=O)c2ccccn2)cc1S(=O)(=O)Nc1ccccc1F. The molecule has 0 saturated carbocycles. The van der Waals surface area contributed by atoms with Crippen LogP contribution in [0.1, 0.15) is 16.1 Å². The lowest BCUT2D eigenvalue weighted by molar-refractivity contribution is 0.102. The summed E-state index contributed by atoms with van der Waals surface area (Å²) in [4.78, 5) is 16.1. The van der Waals surface area contributed by atoms with Gasteiger partial charge in [0, 0.05) is 11.9 Å². The van der Waals surface area contributed by atoms with Gasteiger partial charge in [0.05, 0.1) is 10.6 Å². The number of sulfonamides is 1. The molecule has 1 amide bonds. The molecule has 0 unspecified atom stereocenters. The molecule has 0 aliphatic carbocycles. The quantitative estimate of drug-likeness (QED) is 0.703. The molecular formula is C19H16FN3O3S. The van der Waals surface area contributed by atoms with E-state index < -0.39 is 21.7 Å². The monoisotopic (exact) mass is 385 g/mol. The van der Waals surface area contributed by atoms with Crippen LogP contribution in [0.25, 0.3) is 0 Å². The number of rotatable bonds is 5. The van der Waals surface area contributed by atoms with Crippen LogP contribution < -0.4 is 10.0 Å². The molecule has 8 heteroatoms. The summed E-state index contributed by atoms with van der Waals surface area (Å²) in [5.41, 5.74) is 0.784. The Morgan fingerprint density at radius 3 is 2.48 bits per heavy atom. The number of amides is 1. The largest absolute Gasteiger partial charge is 0.321 e. The number of aromatic nitrogens is 1. The van der Waals surface area contributed by atoms with Crippen molar-refractivity contribution in [1.29, 1.82) is 0 Å². The van der Waals surface area contributed by atoms with Crippen molar-refractivity contribution < 1.29 is 17.6 Å². The molecule has 0 spiro atoms. The molecule has 1 heterocycles. The van der Waals surface area contributed by atoms with Crippen LogP contribution in [0.2, 0.25) is 0 Å². The third-order valence-corrected chi connectivity index (χ3v) is 5.26. The van der Waals surface area contributed by atoms with Gasteiger partial charge < -0.3 is 5.32 Å². The van der Waals surface area contributed by atoms with Gasteiger partial charge >= 0.3 is 0 Å². The predicted molar refractivity (Wildman–Crippen MR) is 101 cm³/mol. The molecule has 0 radical (unpaired) electrons. The van der Waals surface area contributed by atoms with E-state index in [1.165, 1.54) is 30.5 Å². The molecule has 27 heavy (non-hydrogen) atoms. The van der Waals surface area contributed by atoms with Gasteiger partial charge in [-0.15, -0.1) is 0 Å². The average Bonchev–Trinajstić information content (AvgIpc) is 2.65. The Balaban J connectivity index is 1.89. The van der Waals surface area contributed by atoms with Crippen LogP contribution in [-0.2, 0) is 10.0 Å². The molecule has 0 bridgehead atoms. The lowest BCUT2D eigenvalue weighted by atomic mass is 10.2. The maximum atomic E-state index is 13.8. The van der Waals surface area contributed by atoms with Crippen LogP contribution in [0.15, 0.2) is 71.8 Å². The highest BCUT2D eigenvalue weighted by Gasteiger charge is 2.20. The molecule has 0 aliphatic rings. The van der Waals surface area contributed by atoms with Gasteiger partial charge in [-0.25, -0.2) is 12.8 Å². The first-order valence-electron chi connectivity index (χ1n) is 7.97. The summed E-state index contributed by atoms with van der Waals surface area (Å²) in [5, 5.41) is 2.61. The summed E-state index contributed by atoms with van der Waals surface area (Å²) in [6.07, 6.45) is 1.48. The van der Waals surface area contributed by atoms with E-state index in [1.807, 2.05) is 0 Å². The summed E-state index contributed by atoms with van der Waals surface area (Å²) < 4.78 is 41.4. The number of aryl methyl sites for hydroxylation is 1. The summed E-state index contributed by atoms with van der Waals surface area (Å²) in [5.74, 6) is -1.15. The van der Waals surface area contributed by atoms with Crippen molar-refractivity contribution in [1.82, 2.24) is 4.98 Å². The van der Waals surface area contributed by atoms with E-state index in [1.54, 1.807) is 37.3 Å². The van der Waals surface area contributed by atoms with Crippen LogP contribution in [0, 0.1) is 12.7 Å². The van der Waals surface area contributed by atoms with Gasteiger partial charge in [0.1, 0.15) is 11.5 Å². The number of nitrogens with one attached hydrogen (secondary N) is 2. The summed E-state index contributed by atoms with van der Waals surface area (Å²) in [6.45, 7) is 1.61. The highest BCUT2D eigenvalue weighted by molar-refractivity contribution is 7.92. The van der Waals surface area contributed by atoms with Gasteiger partial charge in [-0.1, -0.05) is 24.3 Å². The fourth-order valence-corrected chi connectivity index (χ4v) is 3.74. The number of benzene rings is 2. The number of halogens is 1. The zero-order chi connectivity index (χ0) is 19.4. The first kappa shape index (κ1) is 18.5. The number of carbonyl (C=O) groups is 1. The number of carbonyl (C=O) groups excluding carboxylic acids is 1. The molecule has 1 aromatic heterocycles. The van der Waals surface area contributed by atoms with Gasteiger partial charge in [-0.2, -0.15) is 0 Å². The zero-order valence-electron chi connectivity index (χ0n) is 14.3. The third kappa shape index (κ3) is 4.29. The standard InChI is InChI=1S/C19H16FN3O3S/c1-13-9-10-14(22-19(24)17-8-4-5-11-21-17)12-18(13)27(25,26)23-16-7-3-2-6-15(16)20/h2-12,23H,1H3,(H,22,24). The minimum atomic E-state index is -4.05. The van der Waals surface area contributed by atoms with E-state index in [4.69, 9.17) is 0 Å². The van der Waals surface area contributed by atoms with Crippen LogP contribution in [0.3, 0.4) is 0 Å². The number of hydrogen-bond acceptors (Lipinski definition) is 4. The molecule has 0 aliphatic heterocycles. The van der Waals surface area contributed by atoms with Crippen molar-refractivity contribution in [2.24, 2.45) is 0 Å². The van der Waals surface area contributed by atoms with Crippen molar-refractivity contribution in [2.75, 3.05) is 10.0 Å². The minimum Gasteiger partial charge on any atom is -0.321 e. The Morgan fingerprint density at radius 1 is 1.04 bits per heavy atom. The van der Waals surface area contributed by atoms with Crippen molar-refractivity contribution in [3.8, 4) is 0 Å². The Hall–Kier alpha value is -3.26. The lowest BCUT2D eigenvalue weighted by Gasteiger charge is -2.13. The van der Waals surface area contributed by atoms with Crippen LogP contribution in [0.5, 0.6) is 0 Å².